The van der Waals surface area contributed by atoms with Crippen LogP contribution in [0, 0.1) is 0 Å². The number of aromatic nitrogens is 4. The molecule has 5 rings (SSSR count). The summed E-state index contributed by atoms with van der Waals surface area (Å²) >= 11 is 0. The van der Waals surface area contributed by atoms with Crippen molar-refractivity contribution in [1.82, 2.24) is 29.7 Å². The topological polar surface area (TPSA) is 91.2 Å². The number of nitrogens with one attached hydrogen (secondary N) is 2. The highest BCUT2D eigenvalue weighted by Gasteiger charge is 2.24. The summed E-state index contributed by atoms with van der Waals surface area (Å²) in [4.78, 5) is 30.0. The molecule has 1 fully saturated rings. The Kier molecular flexibility index (Phi) is 4.51. The van der Waals surface area contributed by atoms with Gasteiger partial charge in [-0.25, -0.2) is 9.97 Å². The zero-order chi connectivity index (χ0) is 19.8. The third-order valence-corrected chi connectivity index (χ3v) is 5.55. The molecule has 9 nitrogen and oxygen atoms in total. The van der Waals surface area contributed by atoms with Crippen molar-refractivity contribution < 1.29 is 4.79 Å². The molecular formula is C20H24N8O. The lowest BCUT2D eigenvalue weighted by Gasteiger charge is -2.24. The zero-order valence-corrected chi connectivity index (χ0v) is 16.4. The number of anilines is 3. The van der Waals surface area contributed by atoms with Crippen LogP contribution in [0.1, 0.15) is 16.9 Å². The Bertz CT molecular complexity index is 1040. The Labute approximate surface area is 168 Å². The van der Waals surface area contributed by atoms with Crippen molar-refractivity contribution in [2.75, 3.05) is 50.0 Å². The first kappa shape index (κ1) is 17.9. The van der Waals surface area contributed by atoms with Crippen LogP contribution in [0.25, 0.3) is 11.0 Å². The van der Waals surface area contributed by atoms with Crippen molar-refractivity contribution in [2.24, 2.45) is 0 Å². The normalized spacial score (nSPS) is 17.3. The third-order valence-electron chi connectivity index (χ3n) is 5.55. The number of nitrogens with zero attached hydrogens (tertiary/aromatic N) is 6. The lowest BCUT2D eigenvalue weighted by Crippen LogP contribution is -2.36. The molecule has 150 valence electrons. The maximum atomic E-state index is 12.4. The minimum Gasteiger partial charge on any atom is -0.369 e. The van der Waals surface area contributed by atoms with Crippen LogP contribution in [0.5, 0.6) is 0 Å². The van der Waals surface area contributed by atoms with Crippen LogP contribution in [-0.4, -0.2) is 70.1 Å². The number of rotatable bonds is 3. The minimum absolute atomic E-state index is 0.0183. The molecule has 3 aromatic heterocycles. The maximum absolute atomic E-state index is 12.4. The number of carbonyl (C=O) groups excluding carboxylic acids is 1. The van der Waals surface area contributed by atoms with Gasteiger partial charge in [0.2, 0.25) is 5.95 Å². The average molecular weight is 392 g/mol. The van der Waals surface area contributed by atoms with Crippen LogP contribution >= 0.6 is 0 Å². The van der Waals surface area contributed by atoms with Gasteiger partial charge in [-0.2, -0.15) is 4.98 Å². The first-order valence-electron chi connectivity index (χ1n) is 9.99. The van der Waals surface area contributed by atoms with Crippen molar-refractivity contribution in [3.63, 3.8) is 0 Å². The SMILES string of the molecule is CN1CCn2c(cc3cnc(Nc4ccc(N5CCCNCC5)cn4)nc32)C1=O. The molecular weight excluding hydrogens is 368 g/mol. The van der Waals surface area contributed by atoms with E-state index in [1.165, 1.54) is 0 Å². The predicted molar refractivity (Wildman–Crippen MR) is 112 cm³/mol. The van der Waals surface area contributed by atoms with E-state index in [4.69, 9.17) is 0 Å². The number of likely N-dealkylation sites (N-methyl/N-ethyl adjacent to an activating group) is 1. The smallest absolute Gasteiger partial charge is 0.270 e. The summed E-state index contributed by atoms with van der Waals surface area (Å²) < 4.78 is 1.97. The van der Waals surface area contributed by atoms with E-state index in [-0.39, 0.29) is 5.91 Å². The molecule has 0 atom stereocenters. The van der Waals surface area contributed by atoms with Crippen LogP contribution in [-0.2, 0) is 6.54 Å². The second-order valence-corrected chi connectivity index (χ2v) is 7.50. The number of pyridine rings is 1. The van der Waals surface area contributed by atoms with Gasteiger partial charge in [0.05, 0.1) is 11.9 Å². The molecule has 0 aliphatic carbocycles. The van der Waals surface area contributed by atoms with E-state index in [2.05, 4.69) is 36.6 Å². The van der Waals surface area contributed by atoms with E-state index in [9.17, 15) is 4.79 Å². The molecule has 9 heteroatoms. The van der Waals surface area contributed by atoms with Crippen molar-refractivity contribution in [3.05, 3.63) is 36.3 Å². The Morgan fingerprint density at radius 2 is 2.00 bits per heavy atom. The molecule has 0 spiro atoms. The lowest BCUT2D eigenvalue weighted by molar-refractivity contribution is 0.0751. The van der Waals surface area contributed by atoms with Gasteiger partial charge in [0.25, 0.3) is 5.91 Å². The van der Waals surface area contributed by atoms with Crippen LogP contribution in [0.3, 0.4) is 0 Å². The fraction of sp³-hybridized carbons (Fsp3) is 0.400. The van der Waals surface area contributed by atoms with E-state index in [1.54, 1.807) is 11.1 Å². The molecule has 0 unspecified atom stereocenters. The maximum Gasteiger partial charge on any atom is 0.270 e. The number of fused-ring (bicyclic) bond motifs is 3. The molecule has 0 bridgehead atoms. The number of hydrogen-bond acceptors (Lipinski definition) is 7. The Balaban J connectivity index is 1.37. The van der Waals surface area contributed by atoms with Gasteiger partial charge < -0.3 is 25.0 Å². The first-order chi connectivity index (χ1) is 14.2. The molecule has 29 heavy (non-hydrogen) atoms. The minimum atomic E-state index is 0.0183. The average Bonchev–Trinajstić information content (AvgIpc) is 2.91. The Morgan fingerprint density at radius 1 is 1.07 bits per heavy atom. The predicted octanol–water partition coefficient (Wildman–Crippen LogP) is 1.46. The number of hydrogen-bond donors (Lipinski definition) is 2. The summed E-state index contributed by atoms with van der Waals surface area (Å²) in [6.45, 7) is 5.49. The summed E-state index contributed by atoms with van der Waals surface area (Å²) in [6.07, 6.45) is 4.77. The summed E-state index contributed by atoms with van der Waals surface area (Å²) in [6, 6.07) is 5.89. The van der Waals surface area contributed by atoms with Crippen LogP contribution < -0.4 is 15.5 Å². The molecule has 2 aliphatic heterocycles. The summed E-state index contributed by atoms with van der Waals surface area (Å²) in [5.41, 5.74) is 2.56. The molecule has 3 aromatic rings. The highest BCUT2D eigenvalue weighted by atomic mass is 16.2. The van der Waals surface area contributed by atoms with Gasteiger partial charge in [-0.05, 0) is 31.2 Å². The first-order valence-corrected chi connectivity index (χ1v) is 9.99. The molecule has 0 saturated carbocycles. The van der Waals surface area contributed by atoms with Gasteiger partial charge in [-0.1, -0.05) is 0 Å². The molecule has 0 aromatic carbocycles. The highest BCUT2D eigenvalue weighted by Crippen LogP contribution is 2.24. The van der Waals surface area contributed by atoms with Gasteiger partial charge in [0, 0.05) is 51.4 Å². The van der Waals surface area contributed by atoms with Crippen molar-refractivity contribution >= 4 is 34.4 Å². The Hall–Kier alpha value is -3.20. The monoisotopic (exact) mass is 392 g/mol. The largest absolute Gasteiger partial charge is 0.369 e. The van der Waals surface area contributed by atoms with Gasteiger partial charge in [0.15, 0.2) is 0 Å². The van der Waals surface area contributed by atoms with Gasteiger partial charge >= 0.3 is 0 Å². The molecule has 1 amide bonds. The quantitative estimate of drug-likeness (QED) is 0.697. The molecule has 2 aliphatic rings. The van der Waals surface area contributed by atoms with Crippen molar-refractivity contribution in [2.45, 2.75) is 13.0 Å². The highest BCUT2D eigenvalue weighted by molar-refractivity contribution is 5.98. The van der Waals surface area contributed by atoms with E-state index < -0.39 is 0 Å². The Morgan fingerprint density at radius 3 is 2.86 bits per heavy atom. The van der Waals surface area contributed by atoms with Crippen LogP contribution in [0.15, 0.2) is 30.6 Å². The summed E-state index contributed by atoms with van der Waals surface area (Å²) in [5, 5.41) is 7.46. The van der Waals surface area contributed by atoms with Crippen molar-refractivity contribution in [1.29, 1.82) is 0 Å². The second-order valence-electron chi connectivity index (χ2n) is 7.50. The van der Waals surface area contributed by atoms with Gasteiger partial charge in [-0.15, -0.1) is 0 Å². The molecule has 2 N–H and O–H groups in total. The van der Waals surface area contributed by atoms with Gasteiger partial charge in [-0.3, -0.25) is 4.79 Å². The van der Waals surface area contributed by atoms with E-state index in [0.717, 1.165) is 55.9 Å². The fourth-order valence-corrected chi connectivity index (χ4v) is 3.92. The molecule has 0 radical (unpaired) electrons. The lowest BCUT2D eigenvalue weighted by atomic mass is 10.3. The van der Waals surface area contributed by atoms with E-state index in [1.807, 2.05) is 29.9 Å². The molecule has 5 heterocycles. The van der Waals surface area contributed by atoms with E-state index in [0.29, 0.717) is 24.0 Å². The molecule has 1 saturated heterocycles. The van der Waals surface area contributed by atoms with Gasteiger partial charge in [0.1, 0.15) is 17.2 Å². The fourth-order valence-electron chi connectivity index (χ4n) is 3.92. The van der Waals surface area contributed by atoms with Crippen molar-refractivity contribution in [3.8, 4) is 0 Å². The van der Waals surface area contributed by atoms with E-state index >= 15 is 0 Å². The summed E-state index contributed by atoms with van der Waals surface area (Å²) in [7, 11) is 1.82. The van der Waals surface area contributed by atoms with Crippen LogP contribution in [0.2, 0.25) is 0 Å². The zero-order valence-electron chi connectivity index (χ0n) is 16.4. The second kappa shape index (κ2) is 7.32. The third kappa shape index (κ3) is 3.38. The van der Waals surface area contributed by atoms with Crippen LogP contribution in [0.4, 0.5) is 17.5 Å². The summed E-state index contributed by atoms with van der Waals surface area (Å²) in [5.74, 6) is 1.19. The number of carbonyl (C=O) groups is 1. The standard InChI is InChI=1S/C20H24N8O/c1-26-9-10-28-16(19(26)29)11-14-12-23-20(25-18(14)28)24-17-4-3-15(13-22-17)27-7-2-5-21-6-8-27/h3-4,11-13,21H,2,5-10H2,1H3,(H,22,23,24,25). The number of amides is 1.